The molecule has 1 atom stereocenters. The summed E-state index contributed by atoms with van der Waals surface area (Å²) in [5.74, 6) is 0.0803. The van der Waals surface area contributed by atoms with Crippen molar-refractivity contribution in [3.8, 4) is 11.8 Å². The Morgan fingerprint density at radius 3 is 2.62 bits per heavy atom. The Bertz CT molecular complexity index is 903. The Labute approximate surface area is 139 Å². The number of carbonyl (C=O) groups is 1. The van der Waals surface area contributed by atoms with Gasteiger partial charge in [-0.1, -0.05) is 18.2 Å². The highest BCUT2D eigenvalue weighted by Crippen LogP contribution is 2.21. The number of hydrogen-bond acceptors (Lipinski definition) is 4. The Hall–Kier alpha value is -3.40. The summed E-state index contributed by atoms with van der Waals surface area (Å²) in [6.07, 6.45) is 4.92. The number of nitrogens with zero attached hydrogens (tertiary/aromatic N) is 5. The molecule has 0 saturated heterocycles. The molecule has 0 aliphatic carbocycles. The number of nitriles is 1. The van der Waals surface area contributed by atoms with Gasteiger partial charge in [-0.05, 0) is 31.5 Å². The zero-order chi connectivity index (χ0) is 17.1. The number of benzene rings is 1. The molecule has 2 aromatic heterocycles. The molecule has 0 spiro atoms. The van der Waals surface area contributed by atoms with E-state index in [-0.39, 0.29) is 5.91 Å². The van der Waals surface area contributed by atoms with E-state index in [1.165, 1.54) is 10.9 Å². The minimum atomic E-state index is -0.510. The largest absolute Gasteiger partial charge is 0.308 e. The maximum atomic E-state index is 12.5. The fourth-order valence-electron chi connectivity index (χ4n) is 2.30. The topological polar surface area (TPSA) is 88.5 Å². The number of nitrogens with one attached hydrogen (secondary N) is 1. The molecular formula is C17H16N6O. The molecule has 7 nitrogen and oxygen atoms in total. The van der Waals surface area contributed by atoms with Crippen molar-refractivity contribution in [1.29, 1.82) is 5.26 Å². The van der Waals surface area contributed by atoms with Gasteiger partial charge in [0.2, 0.25) is 5.91 Å². The molecule has 1 aromatic carbocycles. The fraction of sp³-hybridized carbons (Fsp3) is 0.176. The Balaban J connectivity index is 1.91. The highest BCUT2D eigenvalue weighted by Gasteiger charge is 2.20. The van der Waals surface area contributed by atoms with Gasteiger partial charge in [0.15, 0.2) is 5.82 Å². The standard InChI is InChI=1S/C17H16N6O/c1-12-9-19-22(11-12)13(2)17(24)21-16-14(8-18)10-20-23(16)15-6-4-3-5-7-15/h3-7,9-11,13H,1-2H3,(H,21,24). The average molecular weight is 320 g/mol. The van der Waals surface area contributed by atoms with Gasteiger partial charge in [-0.15, -0.1) is 0 Å². The third kappa shape index (κ3) is 2.90. The quantitative estimate of drug-likeness (QED) is 0.799. The number of anilines is 1. The maximum Gasteiger partial charge on any atom is 0.250 e. The third-order valence-corrected chi connectivity index (χ3v) is 3.64. The second-order valence-corrected chi connectivity index (χ2v) is 5.43. The fourth-order valence-corrected chi connectivity index (χ4v) is 2.30. The zero-order valence-electron chi connectivity index (χ0n) is 13.3. The zero-order valence-corrected chi connectivity index (χ0v) is 13.3. The molecule has 24 heavy (non-hydrogen) atoms. The van der Waals surface area contributed by atoms with Crippen molar-refractivity contribution in [2.45, 2.75) is 19.9 Å². The highest BCUT2D eigenvalue weighted by molar-refractivity contribution is 5.94. The normalized spacial score (nSPS) is 11.7. The Kier molecular flexibility index (Phi) is 4.12. The molecule has 0 radical (unpaired) electrons. The predicted octanol–water partition coefficient (Wildman–Crippen LogP) is 2.45. The van der Waals surface area contributed by atoms with Gasteiger partial charge in [-0.3, -0.25) is 9.48 Å². The number of aryl methyl sites for hydroxylation is 1. The van der Waals surface area contributed by atoms with E-state index >= 15 is 0 Å². The van der Waals surface area contributed by atoms with E-state index in [1.54, 1.807) is 24.0 Å². The van der Waals surface area contributed by atoms with Gasteiger partial charge >= 0.3 is 0 Å². The van der Waals surface area contributed by atoms with Gasteiger partial charge in [0.25, 0.3) is 0 Å². The van der Waals surface area contributed by atoms with Crippen molar-refractivity contribution >= 4 is 11.7 Å². The van der Waals surface area contributed by atoms with Crippen LogP contribution in [-0.2, 0) is 4.79 Å². The van der Waals surface area contributed by atoms with E-state index in [4.69, 9.17) is 0 Å². The number of para-hydroxylation sites is 1. The van der Waals surface area contributed by atoms with Gasteiger partial charge in [0, 0.05) is 6.20 Å². The van der Waals surface area contributed by atoms with Crippen LogP contribution in [0.4, 0.5) is 5.82 Å². The van der Waals surface area contributed by atoms with Crippen LogP contribution < -0.4 is 5.32 Å². The van der Waals surface area contributed by atoms with Crippen molar-refractivity contribution in [3.63, 3.8) is 0 Å². The van der Waals surface area contributed by atoms with Crippen molar-refractivity contribution in [2.24, 2.45) is 0 Å². The number of aromatic nitrogens is 4. The first-order valence-corrected chi connectivity index (χ1v) is 7.45. The average Bonchev–Trinajstić information content (AvgIpc) is 3.21. The van der Waals surface area contributed by atoms with Gasteiger partial charge in [0.1, 0.15) is 17.7 Å². The molecule has 3 rings (SSSR count). The van der Waals surface area contributed by atoms with Crippen molar-refractivity contribution < 1.29 is 4.79 Å². The summed E-state index contributed by atoms with van der Waals surface area (Å²) in [7, 11) is 0. The molecule has 7 heteroatoms. The molecule has 0 bridgehead atoms. The van der Waals surface area contributed by atoms with Crippen LogP contribution in [0.2, 0.25) is 0 Å². The number of amides is 1. The molecule has 1 N–H and O–H groups in total. The highest BCUT2D eigenvalue weighted by atomic mass is 16.2. The van der Waals surface area contributed by atoms with Crippen LogP contribution in [0.5, 0.6) is 0 Å². The molecule has 0 saturated carbocycles. The van der Waals surface area contributed by atoms with Crippen LogP contribution >= 0.6 is 0 Å². The van der Waals surface area contributed by atoms with Gasteiger partial charge in [-0.2, -0.15) is 15.5 Å². The van der Waals surface area contributed by atoms with E-state index < -0.39 is 6.04 Å². The molecule has 0 aliphatic heterocycles. The van der Waals surface area contributed by atoms with Crippen LogP contribution in [0.1, 0.15) is 24.1 Å². The Morgan fingerprint density at radius 1 is 1.25 bits per heavy atom. The van der Waals surface area contributed by atoms with Crippen LogP contribution in [0.25, 0.3) is 5.69 Å². The van der Waals surface area contributed by atoms with E-state index in [2.05, 4.69) is 21.6 Å². The first-order chi connectivity index (χ1) is 11.6. The summed E-state index contributed by atoms with van der Waals surface area (Å²) in [5.41, 5.74) is 2.04. The van der Waals surface area contributed by atoms with Crippen molar-refractivity contribution in [3.05, 3.63) is 60.0 Å². The smallest absolute Gasteiger partial charge is 0.250 e. The van der Waals surface area contributed by atoms with Crippen molar-refractivity contribution in [1.82, 2.24) is 19.6 Å². The van der Waals surface area contributed by atoms with Crippen molar-refractivity contribution in [2.75, 3.05) is 5.32 Å². The van der Waals surface area contributed by atoms with E-state index in [1.807, 2.05) is 37.3 Å². The summed E-state index contributed by atoms with van der Waals surface area (Å²) in [4.78, 5) is 12.5. The van der Waals surface area contributed by atoms with E-state index in [0.717, 1.165) is 11.3 Å². The second-order valence-electron chi connectivity index (χ2n) is 5.43. The second kappa shape index (κ2) is 6.38. The van der Waals surface area contributed by atoms with Crippen LogP contribution in [0.15, 0.2) is 48.9 Å². The summed E-state index contributed by atoms with van der Waals surface area (Å²) in [6.45, 7) is 3.66. The van der Waals surface area contributed by atoms with Crippen LogP contribution in [0, 0.1) is 18.3 Å². The van der Waals surface area contributed by atoms with E-state index in [0.29, 0.717) is 11.4 Å². The molecule has 0 aliphatic rings. The SMILES string of the molecule is Cc1cnn(C(C)C(=O)Nc2c(C#N)cnn2-c2ccccc2)c1. The minimum absolute atomic E-state index is 0.271. The predicted molar refractivity (Wildman–Crippen MR) is 88.6 cm³/mol. The molecule has 120 valence electrons. The van der Waals surface area contributed by atoms with Gasteiger partial charge in [0.05, 0.1) is 18.1 Å². The van der Waals surface area contributed by atoms with Crippen LogP contribution in [-0.4, -0.2) is 25.5 Å². The summed E-state index contributed by atoms with van der Waals surface area (Å²) in [6, 6.07) is 10.9. The summed E-state index contributed by atoms with van der Waals surface area (Å²) >= 11 is 0. The summed E-state index contributed by atoms with van der Waals surface area (Å²) < 4.78 is 3.12. The minimum Gasteiger partial charge on any atom is -0.308 e. The molecule has 3 aromatic rings. The molecular weight excluding hydrogens is 304 g/mol. The lowest BCUT2D eigenvalue weighted by Gasteiger charge is -2.14. The van der Waals surface area contributed by atoms with Crippen LogP contribution in [0.3, 0.4) is 0 Å². The molecule has 1 amide bonds. The molecule has 0 fully saturated rings. The molecule has 1 unspecified atom stereocenters. The lowest BCUT2D eigenvalue weighted by Crippen LogP contribution is -2.25. The maximum absolute atomic E-state index is 12.5. The number of hydrogen-bond donors (Lipinski definition) is 1. The lowest BCUT2D eigenvalue weighted by molar-refractivity contribution is -0.119. The Morgan fingerprint density at radius 2 is 2.00 bits per heavy atom. The monoisotopic (exact) mass is 320 g/mol. The van der Waals surface area contributed by atoms with Gasteiger partial charge in [-0.25, -0.2) is 4.68 Å². The number of rotatable bonds is 4. The third-order valence-electron chi connectivity index (χ3n) is 3.64. The summed E-state index contributed by atoms with van der Waals surface area (Å²) in [5, 5.41) is 20.4. The molecule has 2 heterocycles. The van der Waals surface area contributed by atoms with E-state index in [9.17, 15) is 10.1 Å². The first-order valence-electron chi connectivity index (χ1n) is 7.45. The number of carbonyl (C=O) groups excluding carboxylic acids is 1. The first kappa shape index (κ1) is 15.5. The lowest BCUT2D eigenvalue weighted by atomic mass is 10.3. The van der Waals surface area contributed by atoms with Gasteiger partial charge < -0.3 is 5.32 Å².